The maximum atomic E-state index is 11.5. The van der Waals surface area contributed by atoms with Crippen LogP contribution in [0.15, 0.2) is 0 Å². The highest BCUT2D eigenvalue weighted by molar-refractivity contribution is 5.78. The van der Waals surface area contributed by atoms with Gasteiger partial charge in [0.05, 0.1) is 11.7 Å². The third-order valence-corrected chi connectivity index (χ3v) is 4.41. The number of carbonyl (C=O) groups is 2. The summed E-state index contributed by atoms with van der Waals surface area (Å²) in [5.74, 6) is 1.40. The molecule has 0 aromatic heterocycles. The number of ketones is 1. The second-order valence-electron chi connectivity index (χ2n) is 6.93. The van der Waals surface area contributed by atoms with Gasteiger partial charge < -0.3 is 9.53 Å². The van der Waals surface area contributed by atoms with Crippen LogP contribution in [0.4, 0.5) is 0 Å². The van der Waals surface area contributed by atoms with Gasteiger partial charge in [-0.3, -0.25) is 4.79 Å². The Bertz CT molecular complexity index is 342. The van der Waals surface area contributed by atoms with Gasteiger partial charge in [-0.1, -0.05) is 0 Å². The van der Waals surface area contributed by atoms with E-state index in [1.165, 1.54) is 0 Å². The fraction of sp³-hybridized carbons (Fsp3) is 0.867. The number of rotatable bonds is 3. The van der Waals surface area contributed by atoms with Crippen LogP contribution in [0, 0.1) is 23.7 Å². The van der Waals surface area contributed by atoms with Crippen LogP contribution in [0.1, 0.15) is 47.0 Å². The summed E-state index contributed by atoms with van der Waals surface area (Å²) in [5.41, 5.74) is -0.227. The van der Waals surface area contributed by atoms with E-state index in [1.54, 1.807) is 6.92 Å². The van der Waals surface area contributed by atoms with Crippen LogP contribution in [-0.4, -0.2) is 23.8 Å². The largest absolute Gasteiger partial charge is 0.372 e. The molecule has 2 fully saturated rings. The Kier molecular flexibility index (Phi) is 3.63. The van der Waals surface area contributed by atoms with Gasteiger partial charge in [-0.25, -0.2) is 0 Å². The Balaban J connectivity index is 2.11. The molecule has 0 radical (unpaired) electrons. The smallest absolute Gasteiger partial charge is 0.132 e. The molecule has 2 aliphatic carbocycles. The average molecular weight is 252 g/mol. The Morgan fingerprint density at radius 2 is 1.89 bits per heavy atom. The topological polar surface area (TPSA) is 43.4 Å². The maximum absolute atomic E-state index is 11.5. The number of hydrogen-bond donors (Lipinski definition) is 0. The van der Waals surface area contributed by atoms with E-state index in [0.29, 0.717) is 17.6 Å². The van der Waals surface area contributed by atoms with Gasteiger partial charge in [-0.05, 0) is 58.8 Å². The molecule has 0 unspecified atom stereocenters. The summed E-state index contributed by atoms with van der Waals surface area (Å²) in [6.45, 7) is 7.77. The van der Waals surface area contributed by atoms with Crippen LogP contribution in [0.2, 0.25) is 0 Å². The molecular formula is C15H24O3. The molecule has 0 bridgehead atoms. The van der Waals surface area contributed by atoms with Gasteiger partial charge in [0.1, 0.15) is 12.1 Å². The van der Waals surface area contributed by atoms with Gasteiger partial charge in [-0.15, -0.1) is 0 Å². The highest BCUT2D eigenvalue weighted by Gasteiger charge is 2.50. The fourth-order valence-corrected chi connectivity index (χ4v) is 3.68. The van der Waals surface area contributed by atoms with Crippen molar-refractivity contribution in [3.8, 4) is 0 Å². The van der Waals surface area contributed by atoms with Crippen molar-refractivity contribution in [2.75, 3.05) is 0 Å². The second-order valence-corrected chi connectivity index (χ2v) is 6.93. The number of aldehydes is 1. The van der Waals surface area contributed by atoms with Gasteiger partial charge in [0.15, 0.2) is 0 Å². The molecule has 2 rings (SSSR count). The summed E-state index contributed by atoms with van der Waals surface area (Å²) < 4.78 is 6.10. The van der Waals surface area contributed by atoms with Gasteiger partial charge in [0.2, 0.25) is 0 Å². The predicted molar refractivity (Wildman–Crippen MR) is 69.2 cm³/mol. The summed E-state index contributed by atoms with van der Waals surface area (Å²) in [6, 6.07) is 0. The highest BCUT2D eigenvalue weighted by atomic mass is 16.5. The first-order valence-corrected chi connectivity index (χ1v) is 6.95. The molecule has 102 valence electrons. The van der Waals surface area contributed by atoms with Crippen molar-refractivity contribution in [1.82, 2.24) is 0 Å². The summed E-state index contributed by atoms with van der Waals surface area (Å²) in [6.07, 6.45) is 3.83. The second kappa shape index (κ2) is 4.76. The van der Waals surface area contributed by atoms with Gasteiger partial charge >= 0.3 is 0 Å². The Labute approximate surface area is 109 Å². The van der Waals surface area contributed by atoms with E-state index < -0.39 is 0 Å². The number of Topliss-reactive ketones (excluding diaryl/α,β-unsaturated/α-hetero) is 1. The van der Waals surface area contributed by atoms with Crippen LogP contribution in [0.25, 0.3) is 0 Å². The quantitative estimate of drug-likeness (QED) is 0.725. The lowest BCUT2D eigenvalue weighted by molar-refractivity contribution is -0.126. The fourth-order valence-electron chi connectivity index (χ4n) is 3.68. The van der Waals surface area contributed by atoms with Crippen molar-refractivity contribution in [2.45, 2.75) is 58.7 Å². The van der Waals surface area contributed by atoms with Crippen LogP contribution in [0.3, 0.4) is 0 Å². The number of carbonyl (C=O) groups excluding carboxylic acids is 2. The molecule has 18 heavy (non-hydrogen) atoms. The third kappa shape index (κ3) is 2.66. The molecule has 0 amide bonds. The zero-order valence-electron chi connectivity index (χ0n) is 11.8. The first-order valence-electron chi connectivity index (χ1n) is 6.95. The molecule has 0 spiro atoms. The summed E-state index contributed by atoms with van der Waals surface area (Å²) in [5, 5.41) is 0. The molecule has 0 N–H and O–H groups in total. The molecule has 0 aliphatic heterocycles. The van der Waals surface area contributed by atoms with Crippen molar-refractivity contribution >= 4 is 12.1 Å². The minimum absolute atomic E-state index is 0.0110. The van der Waals surface area contributed by atoms with Crippen LogP contribution in [-0.2, 0) is 14.3 Å². The molecule has 0 heterocycles. The molecular weight excluding hydrogens is 228 g/mol. The summed E-state index contributed by atoms with van der Waals surface area (Å²) in [4.78, 5) is 22.7. The zero-order chi connectivity index (χ0) is 13.5. The van der Waals surface area contributed by atoms with Gasteiger partial charge in [0, 0.05) is 11.8 Å². The number of fused-ring (bicyclic) bond motifs is 1. The van der Waals surface area contributed by atoms with Gasteiger partial charge in [-0.2, -0.15) is 0 Å². The predicted octanol–water partition coefficient (Wildman–Crippen LogP) is 2.62. The van der Waals surface area contributed by atoms with Crippen LogP contribution >= 0.6 is 0 Å². The van der Waals surface area contributed by atoms with E-state index in [-0.39, 0.29) is 23.5 Å². The monoisotopic (exact) mass is 252 g/mol. The van der Waals surface area contributed by atoms with Crippen molar-refractivity contribution < 1.29 is 14.3 Å². The number of hydrogen-bond acceptors (Lipinski definition) is 3. The molecule has 5 atom stereocenters. The highest BCUT2D eigenvalue weighted by Crippen LogP contribution is 2.51. The van der Waals surface area contributed by atoms with E-state index >= 15 is 0 Å². The first-order chi connectivity index (χ1) is 8.31. The van der Waals surface area contributed by atoms with Gasteiger partial charge in [0.25, 0.3) is 0 Å². The third-order valence-electron chi connectivity index (χ3n) is 4.41. The minimum Gasteiger partial charge on any atom is -0.372 e. The molecule has 3 nitrogen and oxygen atoms in total. The first kappa shape index (κ1) is 13.7. The molecule has 2 saturated carbocycles. The standard InChI is InChI=1S/C15H24O3/c1-9(17)10-5-11-6-12(8-16)14(13(11)7-10)18-15(2,3)4/h8,10-14H,5-7H2,1-4H3/t10-,11+,12+,13+,14+/m0/s1. The van der Waals surface area contributed by atoms with E-state index in [4.69, 9.17) is 4.74 Å². The van der Waals surface area contributed by atoms with Crippen molar-refractivity contribution in [3.05, 3.63) is 0 Å². The molecule has 3 heteroatoms. The summed E-state index contributed by atoms with van der Waals surface area (Å²) >= 11 is 0. The van der Waals surface area contributed by atoms with Crippen molar-refractivity contribution in [2.24, 2.45) is 23.7 Å². The summed E-state index contributed by atoms with van der Waals surface area (Å²) in [7, 11) is 0. The zero-order valence-corrected chi connectivity index (χ0v) is 11.8. The van der Waals surface area contributed by atoms with Crippen LogP contribution in [0.5, 0.6) is 0 Å². The Morgan fingerprint density at radius 1 is 1.22 bits per heavy atom. The Hall–Kier alpha value is -0.700. The SMILES string of the molecule is CC(=O)[C@H]1C[C@@H]2C[C@H](C=O)[C@@H](OC(C)(C)C)[C@@H]2C1. The average Bonchev–Trinajstić information content (AvgIpc) is 2.75. The maximum Gasteiger partial charge on any atom is 0.132 e. The number of ether oxygens (including phenoxy) is 1. The van der Waals surface area contributed by atoms with Crippen LogP contribution < -0.4 is 0 Å². The van der Waals surface area contributed by atoms with E-state index in [1.807, 2.05) is 20.8 Å². The minimum atomic E-state index is -0.227. The van der Waals surface area contributed by atoms with Crippen molar-refractivity contribution in [3.63, 3.8) is 0 Å². The normalized spacial score (nSPS) is 39.7. The molecule has 0 aromatic carbocycles. The van der Waals surface area contributed by atoms with E-state index in [2.05, 4.69) is 0 Å². The molecule has 0 saturated heterocycles. The lowest BCUT2D eigenvalue weighted by Crippen LogP contribution is -2.35. The van der Waals surface area contributed by atoms with E-state index in [9.17, 15) is 9.59 Å². The molecule has 2 aliphatic rings. The van der Waals surface area contributed by atoms with Crippen molar-refractivity contribution in [1.29, 1.82) is 0 Å². The molecule has 0 aromatic rings. The Morgan fingerprint density at radius 3 is 2.39 bits per heavy atom. The lowest BCUT2D eigenvalue weighted by Gasteiger charge is -2.30. The lowest BCUT2D eigenvalue weighted by atomic mass is 9.94. The van der Waals surface area contributed by atoms with E-state index in [0.717, 1.165) is 25.5 Å².